The first-order valence-electron chi connectivity index (χ1n) is 10.2. The molecule has 0 spiro atoms. The van der Waals surface area contributed by atoms with E-state index < -0.39 is 29.8 Å². The van der Waals surface area contributed by atoms with Crippen LogP contribution in [0.2, 0.25) is 0 Å². The van der Waals surface area contributed by atoms with Crippen molar-refractivity contribution in [3.8, 4) is 6.07 Å². The van der Waals surface area contributed by atoms with Crippen molar-refractivity contribution in [1.29, 1.82) is 5.26 Å². The first-order valence-corrected chi connectivity index (χ1v) is 13.2. The van der Waals surface area contributed by atoms with E-state index in [1.165, 1.54) is 31.0 Å². The molecule has 1 heterocycles. The molecule has 11 heteroatoms. The molecule has 0 saturated carbocycles. The second-order valence-corrected chi connectivity index (χ2v) is 8.10. The molecule has 1 aliphatic rings. The lowest BCUT2D eigenvalue weighted by atomic mass is 9.92. The molecule has 186 valence electrons. The molecule has 3 rings (SSSR count). The number of benzene rings is 2. The van der Waals surface area contributed by atoms with Crippen molar-refractivity contribution in [3.05, 3.63) is 74.9 Å². The summed E-state index contributed by atoms with van der Waals surface area (Å²) in [6, 6.07) is 9.56. The third-order valence-electron chi connectivity index (χ3n) is 5.23. The van der Waals surface area contributed by atoms with Gasteiger partial charge in [-0.15, -0.1) is 0 Å². The molecule has 0 aromatic heterocycles. The summed E-state index contributed by atoms with van der Waals surface area (Å²) < 4.78 is 45.5. The van der Waals surface area contributed by atoms with Gasteiger partial charge in [0, 0.05) is 17.2 Å². The van der Waals surface area contributed by atoms with Crippen LogP contribution in [0.25, 0.3) is 0 Å². The van der Waals surface area contributed by atoms with Crippen LogP contribution in [0.3, 0.4) is 0 Å². The summed E-state index contributed by atoms with van der Waals surface area (Å²) in [6.45, 7) is 3.18. The van der Waals surface area contributed by atoms with E-state index in [0.717, 1.165) is 17.0 Å². The minimum Gasteiger partial charge on any atom is -0.463 e. The Morgan fingerprint density at radius 3 is 2.43 bits per heavy atom. The lowest BCUT2D eigenvalue weighted by Crippen LogP contribution is -2.49. The maximum Gasteiger partial charge on any atom is 0.416 e. The number of hydrogen-bond acceptors (Lipinski definition) is 4. The number of halogens is 5. The Morgan fingerprint density at radius 1 is 1.23 bits per heavy atom. The van der Waals surface area contributed by atoms with Gasteiger partial charge in [-0.25, -0.2) is 9.59 Å². The molecule has 6 nitrogen and oxygen atoms in total. The monoisotopic (exact) mass is 663 g/mol. The minimum absolute atomic E-state index is 0.0293. The average Bonchev–Trinajstić information content (AvgIpc) is 2.82. The third kappa shape index (κ3) is 5.98. The highest BCUT2D eigenvalue weighted by Crippen LogP contribution is 2.42. The quantitative estimate of drug-likeness (QED) is 0.204. The summed E-state index contributed by atoms with van der Waals surface area (Å²) >= 11 is 5.55. The van der Waals surface area contributed by atoms with Gasteiger partial charge >= 0.3 is 18.2 Å². The number of nitrogens with zero attached hydrogens (tertiary/aromatic N) is 3. The van der Waals surface area contributed by atoms with Crippen molar-refractivity contribution in [2.24, 2.45) is 0 Å². The molecular weight excluding hydrogens is 642 g/mol. The zero-order valence-electron chi connectivity index (χ0n) is 19.3. The lowest BCUT2D eigenvalue weighted by molar-refractivity contribution is -0.139. The summed E-state index contributed by atoms with van der Waals surface area (Å²) in [5.74, 6) is -0.701. The van der Waals surface area contributed by atoms with Crippen molar-refractivity contribution in [1.82, 2.24) is 4.90 Å². The van der Waals surface area contributed by atoms with Crippen molar-refractivity contribution in [2.45, 2.75) is 26.1 Å². The van der Waals surface area contributed by atoms with E-state index in [4.69, 9.17) is 10.00 Å². The molecule has 0 radical (unpaired) electrons. The Bertz CT molecular complexity index is 1190. The van der Waals surface area contributed by atoms with Gasteiger partial charge in [-0.05, 0) is 54.7 Å². The summed E-state index contributed by atoms with van der Waals surface area (Å²) in [5.41, 5.74) is 0.199. The Hall–Kier alpha value is -2.59. The van der Waals surface area contributed by atoms with E-state index in [0.29, 0.717) is 15.6 Å². The summed E-state index contributed by atoms with van der Waals surface area (Å²) in [5, 5.41) is 9.14. The van der Waals surface area contributed by atoms with Gasteiger partial charge in [0.1, 0.15) is 0 Å². The fourth-order valence-electron chi connectivity index (χ4n) is 3.70. The van der Waals surface area contributed by atoms with Gasteiger partial charge in [0.25, 0.3) is 0 Å². The Kier molecular flexibility index (Phi) is 9.74. The highest BCUT2D eigenvalue weighted by atomic mass is 127. The standard InChI is InChI=1S/C23H19BrF3N3O3.CH3I/c1-4-33-21(31)19-13(2)30(16-7-5-6-15(11-16)23(25,26)27)22(32)29(3)20(19)17-9-8-14(12-28)10-18(17)24;1-2/h5-11,20H,4H2,1-3H3;1H3. The highest BCUT2D eigenvalue weighted by molar-refractivity contribution is 14.1. The fraction of sp³-hybridized carbons (Fsp3) is 0.292. The topological polar surface area (TPSA) is 73.6 Å². The number of carbonyl (C=O) groups excluding carboxylic acids is 2. The minimum atomic E-state index is -4.60. The summed E-state index contributed by atoms with van der Waals surface area (Å²) in [7, 11) is 1.45. The van der Waals surface area contributed by atoms with Gasteiger partial charge in [-0.1, -0.05) is 50.7 Å². The number of rotatable bonds is 4. The predicted octanol–water partition coefficient (Wildman–Crippen LogP) is 6.84. The maximum atomic E-state index is 13.4. The fourth-order valence-corrected chi connectivity index (χ4v) is 4.30. The molecule has 0 N–H and O–H groups in total. The van der Waals surface area contributed by atoms with Crippen LogP contribution in [-0.4, -0.2) is 35.5 Å². The molecule has 1 aliphatic heterocycles. The molecule has 1 unspecified atom stereocenters. The molecule has 0 aliphatic carbocycles. The van der Waals surface area contributed by atoms with Crippen molar-refractivity contribution >= 4 is 56.2 Å². The van der Waals surface area contributed by atoms with E-state index in [1.807, 2.05) is 11.0 Å². The van der Waals surface area contributed by atoms with Crippen LogP contribution in [0.1, 0.15) is 36.6 Å². The lowest BCUT2D eigenvalue weighted by Gasteiger charge is -2.41. The number of amides is 2. The van der Waals surface area contributed by atoms with E-state index >= 15 is 0 Å². The zero-order valence-corrected chi connectivity index (χ0v) is 23.0. The molecule has 0 saturated heterocycles. The van der Waals surface area contributed by atoms with Crippen LogP contribution >= 0.6 is 38.5 Å². The average molecular weight is 664 g/mol. The number of anilines is 1. The molecule has 35 heavy (non-hydrogen) atoms. The predicted molar refractivity (Wildman–Crippen MR) is 138 cm³/mol. The number of allylic oxidation sites excluding steroid dienone is 1. The van der Waals surface area contributed by atoms with Gasteiger partial charge in [-0.2, -0.15) is 18.4 Å². The van der Waals surface area contributed by atoms with Crippen molar-refractivity contribution in [3.63, 3.8) is 0 Å². The normalized spacial score (nSPS) is 15.9. The van der Waals surface area contributed by atoms with Crippen molar-refractivity contribution < 1.29 is 27.5 Å². The Labute approximate surface area is 223 Å². The largest absolute Gasteiger partial charge is 0.463 e. The van der Waals surface area contributed by atoms with E-state index in [1.54, 1.807) is 25.1 Å². The second kappa shape index (κ2) is 11.9. The number of alkyl halides is 4. The first kappa shape index (κ1) is 28.6. The Morgan fingerprint density at radius 2 is 1.89 bits per heavy atom. The van der Waals surface area contributed by atoms with E-state index in [-0.39, 0.29) is 23.6 Å². The third-order valence-corrected chi connectivity index (χ3v) is 5.92. The van der Waals surface area contributed by atoms with E-state index in [9.17, 15) is 22.8 Å². The van der Waals surface area contributed by atoms with E-state index in [2.05, 4.69) is 38.5 Å². The van der Waals surface area contributed by atoms with Crippen LogP contribution in [0.15, 0.2) is 58.2 Å². The highest BCUT2D eigenvalue weighted by Gasteiger charge is 2.42. The first-order chi connectivity index (χ1) is 16.5. The van der Waals surface area contributed by atoms with Crippen LogP contribution in [0, 0.1) is 11.3 Å². The number of urea groups is 1. The smallest absolute Gasteiger partial charge is 0.416 e. The molecular formula is C24H22BrF3IN3O3. The maximum absolute atomic E-state index is 13.4. The molecule has 2 amide bonds. The second-order valence-electron chi connectivity index (χ2n) is 7.25. The molecule has 2 aromatic carbocycles. The van der Waals surface area contributed by atoms with Gasteiger partial charge < -0.3 is 9.64 Å². The number of likely N-dealkylation sites (N-methyl/N-ethyl adjacent to an activating group) is 1. The summed E-state index contributed by atoms with van der Waals surface area (Å²) in [6.07, 6.45) is -4.60. The van der Waals surface area contributed by atoms with Crippen molar-refractivity contribution in [2.75, 3.05) is 23.5 Å². The van der Waals surface area contributed by atoms with Crippen LogP contribution in [-0.2, 0) is 15.7 Å². The van der Waals surface area contributed by atoms with Crippen LogP contribution in [0.5, 0.6) is 0 Å². The van der Waals surface area contributed by atoms with Gasteiger partial charge in [0.2, 0.25) is 0 Å². The SMILES string of the molecule is CCOC(=O)C1=C(C)N(c2cccc(C(F)(F)F)c2)C(=O)N(C)C1c1ccc(C#N)cc1Br.CI. The molecule has 1 atom stereocenters. The van der Waals surface area contributed by atoms with Gasteiger partial charge in [-0.3, -0.25) is 4.90 Å². The Balaban J connectivity index is 0.00000210. The molecule has 0 fully saturated rings. The molecule has 0 bridgehead atoms. The summed E-state index contributed by atoms with van der Waals surface area (Å²) in [4.78, 5) is 30.6. The van der Waals surface area contributed by atoms with Crippen LogP contribution < -0.4 is 4.90 Å². The van der Waals surface area contributed by atoms with Gasteiger partial charge in [0.15, 0.2) is 0 Å². The van der Waals surface area contributed by atoms with Crippen LogP contribution in [0.4, 0.5) is 23.7 Å². The number of hydrogen-bond donors (Lipinski definition) is 0. The number of esters is 1. The van der Waals surface area contributed by atoms with Gasteiger partial charge in [0.05, 0.1) is 41.1 Å². The zero-order chi connectivity index (χ0) is 26.5. The molecule has 2 aromatic rings. The number of nitriles is 1. The number of carbonyl (C=O) groups is 2. The number of ether oxygens (including phenoxy) is 1.